The first-order valence-electron chi connectivity index (χ1n) is 7.23. The van der Waals surface area contributed by atoms with Crippen LogP contribution >= 0.6 is 0 Å². The summed E-state index contributed by atoms with van der Waals surface area (Å²) in [5.74, 6) is -2.28. The summed E-state index contributed by atoms with van der Waals surface area (Å²) in [6.45, 7) is 1.49. The number of piperidine rings is 1. The second-order valence-corrected chi connectivity index (χ2v) is 7.11. The number of nitrogens with zero attached hydrogens (tertiary/aromatic N) is 1. The minimum Gasteiger partial charge on any atom is -0.395 e. The Balaban J connectivity index is 1.93. The Morgan fingerprint density at radius 1 is 1.27 bits per heavy atom. The van der Waals surface area contributed by atoms with E-state index in [4.69, 9.17) is 0 Å². The Labute approximate surface area is 129 Å². The largest absolute Gasteiger partial charge is 0.395 e. The van der Waals surface area contributed by atoms with Gasteiger partial charge < -0.3 is 5.11 Å². The lowest BCUT2D eigenvalue weighted by Gasteiger charge is -2.34. The zero-order valence-corrected chi connectivity index (χ0v) is 13.0. The van der Waals surface area contributed by atoms with Gasteiger partial charge in [-0.3, -0.25) is 4.90 Å². The molecule has 1 aliphatic rings. The van der Waals surface area contributed by atoms with E-state index in [1.54, 1.807) is 0 Å². The monoisotopic (exact) mass is 334 g/mol. The van der Waals surface area contributed by atoms with Crippen molar-refractivity contribution in [3.8, 4) is 0 Å². The summed E-state index contributed by atoms with van der Waals surface area (Å²) in [5.41, 5.74) is 0. The van der Waals surface area contributed by atoms with Gasteiger partial charge >= 0.3 is 0 Å². The van der Waals surface area contributed by atoms with E-state index in [0.717, 1.165) is 37.9 Å². The van der Waals surface area contributed by atoms with Gasteiger partial charge in [0.25, 0.3) is 0 Å². The van der Waals surface area contributed by atoms with Crippen LogP contribution in [0.5, 0.6) is 0 Å². The maximum absolute atomic E-state index is 13.1. The van der Waals surface area contributed by atoms with Crippen LogP contribution in [0.3, 0.4) is 0 Å². The molecule has 1 unspecified atom stereocenters. The summed E-state index contributed by atoms with van der Waals surface area (Å²) in [4.78, 5) is 1.74. The van der Waals surface area contributed by atoms with Gasteiger partial charge in [0.05, 0.1) is 11.5 Å². The Hall–Kier alpha value is -1.09. The number of halogens is 2. The third kappa shape index (κ3) is 4.22. The minimum atomic E-state index is -3.87. The van der Waals surface area contributed by atoms with E-state index < -0.39 is 21.7 Å². The predicted octanol–water partition coefficient (Wildman–Crippen LogP) is 1.09. The highest BCUT2D eigenvalue weighted by atomic mass is 32.2. The van der Waals surface area contributed by atoms with Crippen molar-refractivity contribution >= 4 is 10.0 Å². The highest BCUT2D eigenvalue weighted by Crippen LogP contribution is 2.16. The van der Waals surface area contributed by atoms with Crippen LogP contribution in [0.25, 0.3) is 0 Å². The summed E-state index contributed by atoms with van der Waals surface area (Å²) in [5, 5.41) is 9.30. The van der Waals surface area contributed by atoms with E-state index >= 15 is 0 Å². The number of likely N-dealkylation sites (tertiary alicyclic amines) is 1. The SMILES string of the molecule is O=S(=O)(NCCN1CCCCC1CO)c1ccc(F)c(F)c1. The second-order valence-electron chi connectivity index (χ2n) is 5.34. The van der Waals surface area contributed by atoms with Gasteiger partial charge in [-0.2, -0.15) is 0 Å². The molecule has 0 saturated carbocycles. The van der Waals surface area contributed by atoms with E-state index in [0.29, 0.717) is 12.6 Å². The number of nitrogens with one attached hydrogen (secondary N) is 1. The Bertz CT molecular complexity index is 610. The van der Waals surface area contributed by atoms with Crippen molar-refractivity contribution in [3.63, 3.8) is 0 Å². The number of rotatable bonds is 6. The molecule has 124 valence electrons. The Morgan fingerprint density at radius 3 is 2.73 bits per heavy atom. The van der Waals surface area contributed by atoms with Crippen LogP contribution < -0.4 is 4.72 Å². The summed E-state index contributed by atoms with van der Waals surface area (Å²) in [6, 6.07) is 2.53. The standard InChI is InChI=1S/C14H20F2N2O3S/c15-13-5-4-12(9-14(13)16)22(20,21)17-6-8-18-7-2-1-3-11(18)10-19/h4-5,9,11,17,19H,1-3,6-8,10H2. The van der Waals surface area contributed by atoms with Crippen LogP contribution in [-0.4, -0.2) is 50.7 Å². The van der Waals surface area contributed by atoms with Crippen molar-refractivity contribution in [3.05, 3.63) is 29.8 Å². The fraction of sp³-hybridized carbons (Fsp3) is 0.571. The van der Waals surface area contributed by atoms with Gasteiger partial charge in [0.15, 0.2) is 11.6 Å². The number of benzene rings is 1. The molecule has 1 heterocycles. The minimum absolute atomic E-state index is 0.0515. The highest BCUT2D eigenvalue weighted by Gasteiger charge is 2.22. The lowest BCUT2D eigenvalue weighted by Crippen LogP contribution is -2.45. The van der Waals surface area contributed by atoms with Gasteiger partial charge in [0, 0.05) is 19.1 Å². The molecule has 1 atom stereocenters. The van der Waals surface area contributed by atoms with Crippen molar-refractivity contribution in [2.45, 2.75) is 30.2 Å². The highest BCUT2D eigenvalue weighted by molar-refractivity contribution is 7.89. The maximum Gasteiger partial charge on any atom is 0.240 e. The molecule has 0 radical (unpaired) electrons. The Morgan fingerprint density at radius 2 is 2.05 bits per heavy atom. The van der Waals surface area contributed by atoms with Gasteiger partial charge in [-0.25, -0.2) is 21.9 Å². The zero-order chi connectivity index (χ0) is 16.2. The molecule has 5 nitrogen and oxygen atoms in total. The number of aliphatic hydroxyl groups excluding tert-OH is 1. The third-order valence-corrected chi connectivity index (χ3v) is 5.31. The van der Waals surface area contributed by atoms with Crippen molar-refractivity contribution in [2.75, 3.05) is 26.2 Å². The molecule has 2 N–H and O–H groups in total. The Kier molecular flexibility index (Phi) is 5.85. The van der Waals surface area contributed by atoms with Crippen LogP contribution in [0.2, 0.25) is 0 Å². The average molecular weight is 334 g/mol. The number of sulfonamides is 1. The number of hydrogen-bond acceptors (Lipinski definition) is 4. The smallest absolute Gasteiger partial charge is 0.240 e. The number of aliphatic hydroxyl groups is 1. The third-order valence-electron chi connectivity index (χ3n) is 3.85. The molecular formula is C14H20F2N2O3S. The van der Waals surface area contributed by atoms with E-state index in [1.807, 2.05) is 4.90 Å². The predicted molar refractivity (Wildman–Crippen MR) is 77.8 cm³/mol. The van der Waals surface area contributed by atoms with Gasteiger partial charge in [0.2, 0.25) is 10.0 Å². The molecule has 1 aliphatic heterocycles. The molecule has 8 heteroatoms. The van der Waals surface area contributed by atoms with Crippen molar-refractivity contribution in [2.24, 2.45) is 0 Å². The lowest BCUT2D eigenvalue weighted by atomic mass is 10.0. The van der Waals surface area contributed by atoms with Crippen molar-refractivity contribution in [1.82, 2.24) is 9.62 Å². The first-order chi connectivity index (χ1) is 10.4. The fourth-order valence-electron chi connectivity index (χ4n) is 2.61. The second kappa shape index (κ2) is 7.45. The van der Waals surface area contributed by atoms with E-state index in [9.17, 15) is 22.3 Å². The maximum atomic E-state index is 13.1. The normalized spacial score (nSPS) is 20.2. The molecule has 0 bridgehead atoms. The molecule has 1 aromatic carbocycles. The van der Waals surface area contributed by atoms with Crippen LogP contribution in [0.4, 0.5) is 8.78 Å². The van der Waals surface area contributed by atoms with Gasteiger partial charge in [0.1, 0.15) is 0 Å². The molecule has 22 heavy (non-hydrogen) atoms. The van der Waals surface area contributed by atoms with Crippen LogP contribution in [0.1, 0.15) is 19.3 Å². The van der Waals surface area contributed by atoms with Gasteiger partial charge in [-0.05, 0) is 37.6 Å². The quantitative estimate of drug-likeness (QED) is 0.817. The van der Waals surface area contributed by atoms with Crippen LogP contribution in [-0.2, 0) is 10.0 Å². The zero-order valence-electron chi connectivity index (χ0n) is 12.1. The molecule has 0 aromatic heterocycles. The molecular weight excluding hydrogens is 314 g/mol. The van der Waals surface area contributed by atoms with E-state index in [-0.39, 0.29) is 24.1 Å². The molecule has 0 amide bonds. The average Bonchev–Trinajstić information content (AvgIpc) is 2.50. The summed E-state index contributed by atoms with van der Waals surface area (Å²) >= 11 is 0. The number of hydrogen-bond donors (Lipinski definition) is 2. The molecule has 1 saturated heterocycles. The first-order valence-corrected chi connectivity index (χ1v) is 8.72. The van der Waals surface area contributed by atoms with E-state index in [1.165, 1.54) is 0 Å². The van der Waals surface area contributed by atoms with Crippen molar-refractivity contribution < 1.29 is 22.3 Å². The molecule has 2 rings (SSSR count). The first kappa shape index (κ1) is 17.3. The fourth-order valence-corrected chi connectivity index (χ4v) is 3.64. The molecule has 0 spiro atoms. The molecule has 1 aromatic rings. The van der Waals surface area contributed by atoms with Gasteiger partial charge in [-0.15, -0.1) is 0 Å². The molecule has 1 fully saturated rings. The topological polar surface area (TPSA) is 69.6 Å². The van der Waals surface area contributed by atoms with Crippen LogP contribution in [0, 0.1) is 11.6 Å². The summed E-state index contributed by atoms with van der Waals surface area (Å²) in [6.07, 6.45) is 2.97. The van der Waals surface area contributed by atoms with Crippen molar-refractivity contribution in [1.29, 1.82) is 0 Å². The van der Waals surface area contributed by atoms with E-state index in [2.05, 4.69) is 4.72 Å². The summed E-state index contributed by atoms with van der Waals surface area (Å²) in [7, 11) is -3.87. The summed E-state index contributed by atoms with van der Waals surface area (Å²) < 4.78 is 52.4. The lowest BCUT2D eigenvalue weighted by molar-refractivity contribution is 0.0923. The van der Waals surface area contributed by atoms with Gasteiger partial charge in [-0.1, -0.05) is 6.42 Å². The molecule has 0 aliphatic carbocycles. The van der Waals surface area contributed by atoms with Crippen LogP contribution in [0.15, 0.2) is 23.1 Å².